The van der Waals surface area contributed by atoms with E-state index in [0.717, 1.165) is 19.0 Å². The molecule has 142 valence electrons. The summed E-state index contributed by atoms with van der Waals surface area (Å²) < 4.78 is 49.9. The van der Waals surface area contributed by atoms with Gasteiger partial charge in [-0.25, -0.2) is 4.98 Å². The smallest absolute Gasteiger partial charge is 0.423 e. The molecular formula is C18H22F3N3O2. The molecule has 0 spiro atoms. The molecule has 2 rings (SSSR count). The van der Waals surface area contributed by atoms with E-state index in [-0.39, 0.29) is 12.6 Å². The predicted octanol–water partition coefficient (Wildman–Crippen LogP) is 5.21. The Hall–Kier alpha value is -2.51. The zero-order valence-electron chi connectivity index (χ0n) is 14.8. The summed E-state index contributed by atoms with van der Waals surface area (Å²) in [6.45, 7) is 4.61. The van der Waals surface area contributed by atoms with Crippen LogP contribution in [0.5, 0.6) is 11.6 Å². The molecule has 0 saturated heterocycles. The highest BCUT2D eigenvalue weighted by molar-refractivity contribution is 5.55. The third kappa shape index (κ3) is 5.79. The van der Waals surface area contributed by atoms with Gasteiger partial charge in [-0.3, -0.25) is 0 Å². The van der Waals surface area contributed by atoms with Crippen LogP contribution in [-0.4, -0.2) is 23.2 Å². The second kappa shape index (κ2) is 9.26. The summed E-state index contributed by atoms with van der Waals surface area (Å²) in [5.74, 6) is 0.274. The van der Waals surface area contributed by atoms with Crippen molar-refractivity contribution in [3.8, 4) is 11.6 Å². The summed E-state index contributed by atoms with van der Waals surface area (Å²) in [6.07, 6.45) is -1.34. The van der Waals surface area contributed by atoms with E-state index in [1.807, 2.05) is 13.8 Å². The van der Waals surface area contributed by atoms with Crippen molar-refractivity contribution in [3.05, 3.63) is 36.0 Å². The van der Waals surface area contributed by atoms with Crippen molar-refractivity contribution >= 4 is 11.6 Å². The fraction of sp³-hybridized carbons (Fsp3) is 0.444. The third-order valence-corrected chi connectivity index (χ3v) is 3.47. The number of hydrogen-bond acceptors (Lipinski definition) is 5. The first-order chi connectivity index (χ1) is 12.4. The minimum Gasteiger partial charge on any atom is -0.494 e. The molecule has 0 amide bonds. The molecule has 1 N–H and O–H groups in total. The number of unbranched alkanes of at least 4 members (excludes halogenated alkanes) is 2. The number of alkyl halides is 3. The number of aromatic nitrogens is 2. The molecule has 0 fully saturated rings. The molecule has 0 saturated carbocycles. The van der Waals surface area contributed by atoms with Crippen LogP contribution >= 0.6 is 0 Å². The van der Waals surface area contributed by atoms with Gasteiger partial charge in [0.05, 0.1) is 13.2 Å². The van der Waals surface area contributed by atoms with Crippen LogP contribution in [0.1, 0.15) is 38.7 Å². The highest BCUT2D eigenvalue weighted by Gasteiger charge is 2.36. The highest BCUT2D eigenvalue weighted by Crippen LogP contribution is 2.35. The molecule has 1 heterocycles. The topological polar surface area (TPSA) is 56.3 Å². The van der Waals surface area contributed by atoms with Crippen molar-refractivity contribution < 1.29 is 22.6 Å². The standard InChI is InChI=1S/C18H22F3N3O2/c1-3-5-6-11-26-16-15(18(19,20)21)12-22-17(24-16)23-13-7-9-14(10-8-13)25-4-2/h7-10,12H,3-6,11H2,1-2H3,(H,22,23,24). The fourth-order valence-corrected chi connectivity index (χ4v) is 2.18. The summed E-state index contributed by atoms with van der Waals surface area (Å²) in [4.78, 5) is 7.65. The van der Waals surface area contributed by atoms with E-state index >= 15 is 0 Å². The van der Waals surface area contributed by atoms with Crippen LogP contribution in [0.15, 0.2) is 30.5 Å². The van der Waals surface area contributed by atoms with Crippen LogP contribution in [0, 0.1) is 0 Å². The molecule has 0 bridgehead atoms. The van der Waals surface area contributed by atoms with E-state index in [9.17, 15) is 13.2 Å². The highest BCUT2D eigenvalue weighted by atomic mass is 19.4. The molecule has 2 aromatic rings. The Labute approximate surface area is 150 Å². The van der Waals surface area contributed by atoms with Gasteiger partial charge >= 0.3 is 6.18 Å². The Balaban J connectivity index is 2.15. The number of benzene rings is 1. The van der Waals surface area contributed by atoms with Crippen LogP contribution < -0.4 is 14.8 Å². The van der Waals surface area contributed by atoms with Gasteiger partial charge in [0.1, 0.15) is 11.3 Å². The average Bonchev–Trinajstić information content (AvgIpc) is 2.60. The maximum atomic E-state index is 13.1. The zero-order valence-corrected chi connectivity index (χ0v) is 14.8. The lowest BCUT2D eigenvalue weighted by molar-refractivity contribution is -0.139. The van der Waals surface area contributed by atoms with Gasteiger partial charge in [-0.2, -0.15) is 18.2 Å². The third-order valence-electron chi connectivity index (χ3n) is 3.47. The van der Waals surface area contributed by atoms with Gasteiger partial charge in [0, 0.05) is 11.9 Å². The fourth-order valence-electron chi connectivity index (χ4n) is 2.18. The van der Waals surface area contributed by atoms with E-state index in [0.29, 0.717) is 24.5 Å². The van der Waals surface area contributed by atoms with Crippen LogP contribution in [0.4, 0.5) is 24.8 Å². The molecular weight excluding hydrogens is 347 g/mol. The van der Waals surface area contributed by atoms with Crippen LogP contribution in [0.2, 0.25) is 0 Å². The Morgan fingerprint density at radius 1 is 1.04 bits per heavy atom. The monoisotopic (exact) mass is 369 g/mol. The second-order valence-electron chi connectivity index (χ2n) is 5.55. The number of ether oxygens (including phenoxy) is 2. The molecule has 0 aliphatic rings. The van der Waals surface area contributed by atoms with Crippen molar-refractivity contribution in [3.63, 3.8) is 0 Å². The molecule has 0 atom stereocenters. The first-order valence-electron chi connectivity index (χ1n) is 8.51. The minimum absolute atomic E-state index is 0.0349. The number of nitrogens with one attached hydrogen (secondary N) is 1. The van der Waals surface area contributed by atoms with Gasteiger partial charge in [0.2, 0.25) is 11.8 Å². The summed E-state index contributed by atoms with van der Waals surface area (Å²) in [6, 6.07) is 6.96. The summed E-state index contributed by atoms with van der Waals surface area (Å²) >= 11 is 0. The normalized spacial score (nSPS) is 11.3. The summed E-state index contributed by atoms with van der Waals surface area (Å²) in [5.41, 5.74) is -0.351. The molecule has 1 aromatic heterocycles. The maximum absolute atomic E-state index is 13.1. The van der Waals surface area contributed by atoms with Gasteiger partial charge in [-0.05, 0) is 37.6 Å². The van der Waals surface area contributed by atoms with Crippen molar-refractivity contribution in [2.24, 2.45) is 0 Å². The molecule has 5 nitrogen and oxygen atoms in total. The van der Waals surface area contributed by atoms with Gasteiger partial charge < -0.3 is 14.8 Å². The van der Waals surface area contributed by atoms with E-state index in [1.54, 1.807) is 24.3 Å². The lowest BCUT2D eigenvalue weighted by Gasteiger charge is -2.14. The van der Waals surface area contributed by atoms with Crippen LogP contribution in [0.3, 0.4) is 0 Å². The molecule has 0 aliphatic carbocycles. The van der Waals surface area contributed by atoms with Crippen molar-refractivity contribution in [2.45, 2.75) is 39.3 Å². The SMILES string of the molecule is CCCCCOc1nc(Nc2ccc(OCC)cc2)ncc1C(F)(F)F. The largest absolute Gasteiger partial charge is 0.494 e. The van der Waals surface area contributed by atoms with E-state index in [1.165, 1.54) is 0 Å². The number of rotatable bonds is 9. The molecule has 0 aliphatic heterocycles. The molecule has 0 radical (unpaired) electrons. The minimum atomic E-state index is -4.57. The summed E-state index contributed by atoms with van der Waals surface area (Å²) in [7, 11) is 0. The zero-order chi connectivity index (χ0) is 19.0. The van der Waals surface area contributed by atoms with Crippen molar-refractivity contribution in [1.82, 2.24) is 9.97 Å². The first-order valence-corrected chi connectivity index (χ1v) is 8.51. The number of halogens is 3. The Morgan fingerprint density at radius 2 is 1.77 bits per heavy atom. The Morgan fingerprint density at radius 3 is 2.38 bits per heavy atom. The Bertz CT molecular complexity index is 691. The lowest BCUT2D eigenvalue weighted by atomic mass is 10.2. The van der Waals surface area contributed by atoms with Gasteiger partial charge in [0.25, 0.3) is 0 Å². The molecule has 26 heavy (non-hydrogen) atoms. The first kappa shape index (κ1) is 19.8. The summed E-state index contributed by atoms with van der Waals surface area (Å²) in [5, 5.41) is 2.87. The number of hydrogen-bond donors (Lipinski definition) is 1. The number of anilines is 2. The van der Waals surface area contributed by atoms with Crippen molar-refractivity contribution in [2.75, 3.05) is 18.5 Å². The maximum Gasteiger partial charge on any atom is 0.423 e. The van der Waals surface area contributed by atoms with E-state index < -0.39 is 17.6 Å². The average molecular weight is 369 g/mol. The predicted molar refractivity (Wildman–Crippen MR) is 92.9 cm³/mol. The second-order valence-corrected chi connectivity index (χ2v) is 5.55. The van der Waals surface area contributed by atoms with Gasteiger partial charge in [0.15, 0.2) is 0 Å². The van der Waals surface area contributed by atoms with Crippen LogP contribution in [-0.2, 0) is 6.18 Å². The lowest BCUT2D eigenvalue weighted by Crippen LogP contribution is -2.13. The number of nitrogens with zero attached hydrogens (tertiary/aromatic N) is 2. The van der Waals surface area contributed by atoms with Crippen molar-refractivity contribution in [1.29, 1.82) is 0 Å². The van der Waals surface area contributed by atoms with E-state index in [2.05, 4.69) is 15.3 Å². The van der Waals surface area contributed by atoms with Crippen LogP contribution in [0.25, 0.3) is 0 Å². The molecule has 0 unspecified atom stereocenters. The van der Waals surface area contributed by atoms with Gasteiger partial charge in [-0.15, -0.1) is 0 Å². The molecule has 8 heteroatoms. The Kier molecular flexibility index (Phi) is 7.06. The van der Waals surface area contributed by atoms with E-state index in [4.69, 9.17) is 9.47 Å². The quantitative estimate of drug-likeness (QED) is 0.615. The molecule has 1 aromatic carbocycles. The van der Waals surface area contributed by atoms with Gasteiger partial charge in [-0.1, -0.05) is 19.8 Å².